The highest BCUT2D eigenvalue weighted by molar-refractivity contribution is 5.92. The van der Waals surface area contributed by atoms with Gasteiger partial charge in [0.2, 0.25) is 0 Å². The molecule has 26 heavy (non-hydrogen) atoms. The number of ether oxygens (including phenoxy) is 1. The quantitative estimate of drug-likeness (QED) is 0.700. The van der Waals surface area contributed by atoms with E-state index < -0.39 is 12.5 Å². The number of aryl methyl sites for hydroxylation is 1. The Labute approximate surface area is 149 Å². The van der Waals surface area contributed by atoms with Gasteiger partial charge in [-0.25, -0.2) is 8.78 Å². The van der Waals surface area contributed by atoms with Gasteiger partial charge < -0.3 is 9.64 Å². The van der Waals surface area contributed by atoms with Crippen LogP contribution in [-0.2, 0) is 13.7 Å². The normalized spacial score (nSPS) is 13.0. The number of rotatable bonds is 4. The van der Waals surface area contributed by atoms with Crippen LogP contribution in [0, 0.1) is 5.82 Å². The maximum Gasteiger partial charge on any atom is 0.168 e. The van der Waals surface area contributed by atoms with Crippen LogP contribution in [0.15, 0.2) is 53.7 Å². The van der Waals surface area contributed by atoms with E-state index in [2.05, 4.69) is 10.1 Å². The van der Waals surface area contributed by atoms with Gasteiger partial charge in [-0.3, -0.25) is 9.67 Å². The molecule has 1 aliphatic heterocycles. The van der Waals surface area contributed by atoms with E-state index in [9.17, 15) is 8.78 Å². The SMILES string of the molecule is Cn1ccc(N2CN=Cc3cc(Oc4c(F)cccc4CF)ccc32)n1. The molecule has 0 fully saturated rings. The third-order valence-electron chi connectivity index (χ3n) is 4.13. The van der Waals surface area contributed by atoms with E-state index in [1.807, 2.05) is 30.3 Å². The number of hydrogen-bond acceptors (Lipinski definition) is 4. The Morgan fingerprint density at radius 1 is 1.19 bits per heavy atom. The van der Waals surface area contributed by atoms with Crippen molar-refractivity contribution in [2.75, 3.05) is 11.6 Å². The smallest absolute Gasteiger partial charge is 0.168 e. The zero-order chi connectivity index (χ0) is 18.1. The second-order valence-electron chi connectivity index (χ2n) is 5.91. The van der Waals surface area contributed by atoms with Crippen LogP contribution in [0.2, 0.25) is 0 Å². The fourth-order valence-corrected chi connectivity index (χ4v) is 2.88. The topological polar surface area (TPSA) is 42.7 Å². The molecule has 0 unspecified atom stereocenters. The van der Waals surface area contributed by atoms with Crippen LogP contribution >= 0.6 is 0 Å². The lowest BCUT2D eigenvalue weighted by molar-refractivity contribution is 0.413. The Bertz CT molecular complexity index is 983. The fourth-order valence-electron chi connectivity index (χ4n) is 2.88. The third-order valence-corrected chi connectivity index (χ3v) is 4.13. The Hall–Kier alpha value is -3.22. The lowest BCUT2D eigenvalue weighted by Crippen LogP contribution is -2.22. The number of fused-ring (bicyclic) bond motifs is 1. The maximum atomic E-state index is 14.0. The first-order valence-electron chi connectivity index (χ1n) is 8.08. The van der Waals surface area contributed by atoms with Gasteiger partial charge in [-0.15, -0.1) is 0 Å². The first kappa shape index (κ1) is 16.3. The molecule has 0 amide bonds. The highest BCUT2D eigenvalue weighted by Gasteiger charge is 2.19. The van der Waals surface area contributed by atoms with Crippen molar-refractivity contribution in [1.29, 1.82) is 0 Å². The van der Waals surface area contributed by atoms with Crippen molar-refractivity contribution < 1.29 is 13.5 Å². The third kappa shape index (κ3) is 2.92. The largest absolute Gasteiger partial charge is 0.454 e. The molecule has 5 nitrogen and oxygen atoms in total. The zero-order valence-electron chi connectivity index (χ0n) is 14.1. The summed E-state index contributed by atoms with van der Waals surface area (Å²) >= 11 is 0. The Balaban J connectivity index is 1.67. The van der Waals surface area contributed by atoms with Crippen molar-refractivity contribution in [3.8, 4) is 11.5 Å². The average Bonchev–Trinajstić information content (AvgIpc) is 3.09. The summed E-state index contributed by atoms with van der Waals surface area (Å²) in [6, 6.07) is 11.5. The molecule has 1 aromatic heterocycles. The van der Waals surface area contributed by atoms with Gasteiger partial charge in [0.15, 0.2) is 17.4 Å². The number of alkyl halides is 1. The van der Waals surface area contributed by atoms with Crippen molar-refractivity contribution >= 4 is 17.7 Å². The number of anilines is 2. The van der Waals surface area contributed by atoms with Gasteiger partial charge >= 0.3 is 0 Å². The van der Waals surface area contributed by atoms with Crippen molar-refractivity contribution in [2.45, 2.75) is 6.67 Å². The average molecular weight is 354 g/mol. The highest BCUT2D eigenvalue weighted by Crippen LogP contribution is 2.34. The predicted octanol–water partition coefficient (Wildman–Crippen LogP) is 4.35. The molecule has 0 atom stereocenters. The maximum absolute atomic E-state index is 14.0. The van der Waals surface area contributed by atoms with Crippen LogP contribution in [0.3, 0.4) is 0 Å². The van der Waals surface area contributed by atoms with Crippen LogP contribution in [0.5, 0.6) is 11.5 Å². The second-order valence-corrected chi connectivity index (χ2v) is 5.91. The van der Waals surface area contributed by atoms with E-state index in [0.29, 0.717) is 12.4 Å². The van der Waals surface area contributed by atoms with Gasteiger partial charge in [0.1, 0.15) is 19.1 Å². The number of aromatic nitrogens is 2. The summed E-state index contributed by atoms with van der Waals surface area (Å²) in [6.07, 6.45) is 3.60. The Morgan fingerprint density at radius 2 is 2.08 bits per heavy atom. The van der Waals surface area contributed by atoms with Gasteiger partial charge in [0, 0.05) is 36.7 Å². The minimum Gasteiger partial charge on any atom is -0.454 e. The summed E-state index contributed by atoms with van der Waals surface area (Å²) in [5.41, 5.74) is 1.91. The van der Waals surface area contributed by atoms with Crippen LogP contribution in [0.25, 0.3) is 0 Å². The molecule has 0 N–H and O–H groups in total. The van der Waals surface area contributed by atoms with E-state index in [-0.39, 0.29) is 11.3 Å². The minimum atomic E-state index is -0.799. The van der Waals surface area contributed by atoms with Gasteiger partial charge in [-0.1, -0.05) is 12.1 Å². The van der Waals surface area contributed by atoms with Crippen molar-refractivity contribution in [1.82, 2.24) is 9.78 Å². The Kier molecular flexibility index (Phi) is 4.12. The molecule has 0 saturated carbocycles. The van der Waals surface area contributed by atoms with E-state index in [4.69, 9.17) is 4.74 Å². The lowest BCUT2D eigenvalue weighted by atomic mass is 10.1. The summed E-state index contributed by atoms with van der Waals surface area (Å²) in [4.78, 5) is 6.31. The van der Waals surface area contributed by atoms with E-state index >= 15 is 0 Å². The molecule has 0 bridgehead atoms. The van der Waals surface area contributed by atoms with Crippen molar-refractivity contribution in [3.05, 3.63) is 65.6 Å². The standard InChI is InChI=1S/C19H16F2N4O/c1-24-8-7-18(23-24)25-12-22-11-14-9-15(5-6-17(14)25)26-19-13(10-20)3-2-4-16(19)21/h2-9,11H,10,12H2,1H3. The molecule has 3 aromatic rings. The monoisotopic (exact) mass is 354 g/mol. The lowest BCUT2D eigenvalue weighted by Gasteiger charge is -2.25. The summed E-state index contributed by atoms with van der Waals surface area (Å²) in [6.45, 7) is -0.337. The Morgan fingerprint density at radius 3 is 2.85 bits per heavy atom. The van der Waals surface area contributed by atoms with Crippen LogP contribution in [0.4, 0.5) is 20.3 Å². The molecule has 132 valence electrons. The molecule has 4 rings (SSSR count). The van der Waals surface area contributed by atoms with Crippen LogP contribution in [0.1, 0.15) is 11.1 Å². The van der Waals surface area contributed by atoms with Gasteiger partial charge in [-0.2, -0.15) is 5.10 Å². The number of hydrogen-bond donors (Lipinski definition) is 0. The minimum absolute atomic E-state index is 0.0933. The van der Waals surface area contributed by atoms with E-state index in [1.165, 1.54) is 18.2 Å². The van der Waals surface area contributed by atoms with Crippen LogP contribution < -0.4 is 9.64 Å². The van der Waals surface area contributed by atoms with E-state index in [1.54, 1.807) is 23.0 Å². The number of benzene rings is 2. The first-order valence-corrected chi connectivity index (χ1v) is 8.08. The predicted molar refractivity (Wildman–Crippen MR) is 95.5 cm³/mol. The summed E-state index contributed by atoms with van der Waals surface area (Å²) < 4.78 is 34.5. The number of aliphatic imine (C=N–C) groups is 1. The molecule has 0 spiro atoms. The first-order chi connectivity index (χ1) is 12.7. The van der Waals surface area contributed by atoms with Gasteiger partial charge in [0.05, 0.1) is 5.69 Å². The molecule has 0 aliphatic carbocycles. The molecule has 7 heteroatoms. The summed E-state index contributed by atoms with van der Waals surface area (Å²) in [5.74, 6) is 0.511. The molecule has 1 aliphatic rings. The van der Waals surface area contributed by atoms with E-state index in [0.717, 1.165) is 17.1 Å². The fraction of sp³-hybridized carbons (Fsp3) is 0.158. The molecular weight excluding hydrogens is 338 g/mol. The highest BCUT2D eigenvalue weighted by atomic mass is 19.1. The van der Waals surface area contributed by atoms with Crippen molar-refractivity contribution in [3.63, 3.8) is 0 Å². The van der Waals surface area contributed by atoms with Gasteiger partial charge in [0.25, 0.3) is 0 Å². The molecule has 2 heterocycles. The van der Waals surface area contributed by atoms with Crippen molar-refractivity contribution in [2.24, 2.45) is 12.0 Å². The molecule has 0 saturated heterocycles. The second kappa shape index (κ2) is 6.59. The number of halogens is 2. The number of nitrogens with zero attached hydrogens (tertiary/aromatic N) is 4. The molecule has 0 radical (unpaired) electrons. The van der Waals surface area contributed by atoms with Crippen LogP contribution in [-0.4, -0.2) is 22.7 Å². The number of para-hydroxylation sites is 1. The molecule has 2 aromatic carbocycles. The van der Waals surface area contributed by atoms with Gasteiger partial charge in [-0.05, 0) is 24.3 Å². The molecular formula is C19H16F2N4O. The summed E-state index contributed by atoms with van der Waals surface area (Å²) in [5, 5.41) is 4.40. The summed E-state index contributed by atoms with van der Waals surface area (Å²) in [7, 11) is 1.85. The zero-order valence-corrected chi connectivity index (χ0v) is 14.1.